The summed E-state index contributed by atoms with van der Waals surface area (Å²) in [6, 6.07) is 1.74. The summed E-state index contributed by atoms with van der Waals surface area (Å²) in [6.45, 7) is -0.0423. The zero-order valence-corrected chi connectivity index (χ0v) is 9.23. The van der Waals surface area contributed by atoms with E-state index in [2.05, 4.69) is 4.74 Å². The third kappa shape index (κ3) is 2.76. The number of esters is 1. The van der Waals surface area contributed by atoms with Crippen LogP contribution < -0.4 is 0 Å². The van der Waals surface area contributed by atoms with E-state index in [0.29, 0.717) is 0 Å². The van der Waals surface area contributed by atoms with Crippen LogP contribution in [-0.2, 0) is 16.1 Å². The molecular formula is C10H10FNO5. The van der Waals surface area contributed by atoms with Gasteiger partial charge in [-0.15, -0.1) is 0 Å². The molecular weight excluding hydrogens is 233 g/mol. The number of nitro benzene ring substituents is 1. The Labute approximate surface area is 96.1 Å². The fourth-order valence-corrected chi connectivity index (χ4v) is 1.32. The van der Waals surface area contributed by atoms with Crippen LogP contribution in [0, 0.1) is 15.9 Å². The van der Waals surface area contributed by atoms with Crippen molar-refractivity contribution in [3.63, 3.8) is 0 Å². The minimum atomic E-state index is -1.02. The number of carbonyl (C=O) groups excluding carboxylic acids is 1. The van der Waals surface area contributed by atoms with Crippen LogP contribution in [0.3, 0.4) is 0 Å². The number of ether oxygens (including phenoxy) is 2. The van der Waals surface area contributed by atoms with Gasteiger partial charge in [0.15, 0.2) is 0 Å². The van der Waals surface area contributed by atoms with Gasteiger partial charge in [0.1, 0.15) is 0 Å². The van der Waals surface area contributed by atoms with E-state index in [1.165, 1.54) is 7.11 Å². The minimum absolute atomic E-state index is 0.0423. The zero-order valence-electron chi connectivity index (χ0n) is 9.23. The van der Waals surface area contributed by atoms with Crippen molar-refractivity contribution in [3.05, 3.63) is 39.2 Å². The van der Waals surface area contributed by atoms with Crippen LogP contribution in [0.1, 0.15) is 15.9 Å². The van der Waals surface area contributed by atoms with Crippen molar-refractivity contribution in [2.75, 3.05) is 14.2 Å². The van der Waals surface area contributed by atoms with E-state index < -0.39 is 22.4 Å². The lowest BCUT2D eigenvalue weighted by Gasteiger charge is -2.07. The second-order valence-electron chi connectivity index (χ2n) is 3.14. The van der Waals surface area contributed by atoms with Crippen LogP contribution in [0.5, 0.6) is 0 Å². The number of rotatable bonds is 4. The van der Waals surface area contributed by atoms with E-state index in [1.54, 1.807) is 0 Å². The molecule has 0 amide bonds. The van der Waals surface area contributed by atoms with Gasteiger partial charge in [0, 0.05) is 13.2 Å². The second kappa shape index (κ2) is 5.35. The van der Waals surface area contributed by atoms with Gasteiger partial charge in [-0.1, -0.05) is 0 Å². The second-order valence-corrected chi connectivity index (χ2v) is 3.14. The average molecular weight is 243 g/mol. The molecule has 0 fully saturated rings. The smallest absolute Gasteiger partial charge is 0.338 e. The number of carbonyl (C=O) groups is 1. The van der Waals surface area contributed by atoms with Gasteiger partial charge in [-0.05, 0) is 11.6 Å². The maximum atomic E-state index is 13.3. The molecule has 7 heteroatoms. The molecule has 0 unspecified atom stereocenters. The van der Waals surface area contributed by atoms with Crippen molar-refractivity contribution in [2.24, 2.45) is 0 Å². The molecule has 1 aromatic carbocycles. The molecule has 0 radical (unpaired) electrons. The SMILES string of the molecule is COCc1cc(F)c([N+](=O)[O-])cc1C(=O)OC. The molecule has 0 saturated carbocycles. The molecule has 0 aromatic heterocycles. The highest BCUT2D eigenvalue weighted by Gasteiger charge is 2.22. The Bertz CT molecular complexity index is 460. The molecule has 6 nitrogen and oxygen atoms in total. The number of hydrogen-bond acceptors (Lipinski definition) is 5. The Balaban J connectivity index is 3.36. The average Bonchev–Trinajstić information content (AvgIpc) is 2.28. The summed E-state index contributed by atoms with van der Waals surface area (Å²) >= 11 is 0. The van der Waals surface area contributed by atoms with Crippen molar-refractivity contribution in [1.82, 2.24) is 0 Å². The van der Waals surface area contributed by atoms with Crippen LogP contribution in [0.2, 0.25) is 0 Å². The third-order valence-electron chi connectivity index (χ3n) is 2.07. The summed E-state index contributed by atoms with van der Waals surface area (Å²) in [4.78, 5) is 21.0. The predicted molar refractivity (Wildman–Crippen MR) is 55.1 cm³/mol. The number of nitro groups is 1. The zero-order chi connectivity index (χ0) is 13.0. The highest BCUT2D eigenvalue weighted by molar-refractivity contribution is 5.91. The highest BCUT2D eigenvalue weighted by atomic mass is 19.1. The van der Waals surface area contributed by atoms with Crippen LogP contribution in [0.15, 0.2) is 12.1 Å². The highest BCUT2D eigenvalue weighted by Crippen LogP contribution is 2.23. The van der Waals surface area contributed by atoms with Gasteiger partial charge in [0.25, 0.3) is 0 Å². The molecule has 17 heavy (non-hydrogen) atoms. The van der Waals surface area contributed by atoms with E-state index in [9.17, 15) is 19.3 Å². The van der Waals surface area contributed by atoms with Crippen molar-refractivity contribution < 1.29 is 23.6 Å². The fourth-order valence-electron chi connectivity index (χ4n) is 1.32. The normalized spacial score (nSPS) is 10.1. The fraction of sp³-hybridized carbons (Fsp3) is 0.300. The predicted octanol–water partition coefficient (Wildman–Crippen LogP) is 1.67. The maximum Gasteiger partial charge on any atom is 0.338 e. The molecule has 0 spiro atoms. The molecule has 0 N–H and O–H groups in total. The maximum absolute atomic E-state index is 13.3. The summed E-state index contributed by atoms with van der Waals surface area (Å²) in [5.74, 6) is -1.80. The summed E-state index contributed by atoms with van der Waals surface area (Å²) in [5.41, 5.74) is -0.657. The molecule has 0 aliphatic heterocycles. The van der Waals surface area contributed by atoms with Crippen molar-refractivity contribution >= 4 is 11.7 Å². The third-order valence-corrected chi connectivity index (χ3v) is 2.07. The van der Waals surface area contributed by atoms with Crippen LogP contribution in [0.4, 0.5) is 10.1 Å². The number of methoxy groups -OCH3 is 2. The van der Waals surface area contributed by atoms with Gasteiger partial charge in [-0.3, -0.25) is 10.1 Å². The number of hydrogen-bond donors (Lipinski definition) is 0. The topological polar surface area (TPSA) is 78.7 Å². The molecule has 0 aliphatic rings. The van der Waals surface area contributed by atoms with Crippen LogP contribution in [0.25, 0.3) is 0 Å². The van der Waals surface area contributed by atoms with Gasteiger partial charge in [-0.2, -0.15) is 4.39 Å². The number of halogens is 1. The Morgan fingerprint density at radius 3 is 2.59 bits per heavy atom. The van der Waals surface area contributed by atoms with E-state index in [-0.39, 0.29) is 17.7 Å². The number of nitrogens with zero attached hydrogens (tertiary/aromatic N) is 1. The first kappa shape index (κ1) is 13.0. The molecule has 92 valence electrons. The first-order valence-corrected chi connectivity index (χ1v) is 4.55. The molecule has 0 saturated heterocycles. The Hall–Kier alpha value is -2.02. The van der Waals surface area contributed by atoms with Gasteiger partial charge >= 0.3 is 11.7 Å². The quantitative estimate of drug-likeness (QED) is 0.456. The summed E-state index contributed by atoms with van der Waals surface area (Å²) in [7, 11) is 2.49. The van der Waals surface area contributed by atoms with Gasteiger partial charge < -0.3 is 9.47 Å². The monoisotopic (exact) mass is 243 g/mol. The first-order chi connectivity index (χ1) is 8.01. The molecule has 0 aliphatic carbocycles. The first-order valence-electron chi connectivity index (χ1n) is 4.55. The van der Waals surface area contributed by atoms with Gasteiger partial charge in [0.2, 0.25) is 5.82 Å². The Kier molecular flexibility index (Phi) is 4.11. The molecule has 0 bridgehead atoms. The van der Waals surface area contributed by atoms with E-state index in [1.807, 2.05) is 0 Å². The minimum Gasteiger partial charge on any atom is -0.465 e. The Morgan fingerprint density at radius 1 is 1.47 bits per heavy atom. The standard InChI is InChI=1S/C10H10FNO5/c1-16-5-6-3-8(11)9(12(14)15)4-7(6)10(13)17-2/h3-4H,5H2,1-2H3. The molecule has 1 aromatic rings. The lowest BCUT2D eigenvalue weighted by Crippen LogP contribution is -2.08. The van der Waals surface area contributed by atoms with Crippen LogP contribution in [-0.4, -0.2) is 25.1 Å². The van der Waals surface area contributed by atoms with Gasteiger partial charge in [0.05, 0.1) is 24.2 Å². The van der Waals surface area contributed by atoms with Gasteiger partial charge in [-0.25, -0.2) is 4.79 Å². The van der Waals surface area contributed by atoms with Crippen LogP contribution >= 0.6 is 0 Å². The summed E-state index contributed by atoms with van der Waals surface area (Å²) in [6.07, 6.45) is 0. The number of benzene rings is 1. The molecule has 1 rings (SSSR count). The lowest BCUT2D eigenvalue weighted by atomic mass is 10.1. The van der Waals surface area contributed by atoms with Crippen molar-refractivity contribution in [2.45, 2.75) is 6.61 Å². The van der Waals surface area contributed by atoms with Crippen molar-refractivity contribution in [3.8, 4) is 0 Å². The van der Waals surface area contributed by atoms with Crippen molar-refractivity contribution in [1.29, 1.82) is 0 Å². The van der Waals surface area contributed by atoms with E-state index in [4.69, 9.17) is 4.74 Å². The lowest BCUT2D eigenvalue weighted by molar-refractivity contribution is -0.387. The van der Waals surface area contributed by atoms with E-state index >= 15 is 0 Å². The summed E-state index contributed by atoms with van der Waals surface area (Å²) < 4.78 is 22.6. The summed E-state index contributed by atoms with van der Waals surface area (Å²) in [5, 5.41) is 10.5. The van der Waals surface area contributed by atoms with E-state index in [0.717, 1.165) is 19.2 Å². The Morgan fingerprint density at radius 2 is 2.12 bits per heavy atom. The molecule has 0 heterocycles. The largest absolute Gasteiger partial charge is 0.465 e. The molecule has 0 atom stereocenters.